The Hall–Kier alpha value is -0.570. The summed E-state index contributed by atoms with van der Waals surface area (Å²) < 4.78 is 1.56. The standard InChI is InChI=1S/C9H12BrNO/c1-5-6(2)8(4)11(12)9(10)7(5)3/h1-4H3. The smallest absolute Gasteiger partial charge is 0.262 e. The molecular formula is C9H12BrNO. The van der Waals surface area contributed by atoms with Gasteiger partial charge < -0.3 is 5.21 Å². The highest BCUT2D eigenvalue weighted by Gasteiger charge is 2.15. The Morgan fingerprint density at radius 2 is 1.50 bits per heavy atom. The van der Waals surface area contributed by atoms with Gasteiger partial charge >= 0.3 is 0 Å². The number of aromatic nitrogens is 1. The molecule has 0 radical (unpaired) electrons. The monoisotopic (exact) mass is 229 g/mol. The fourth-order valence-electron chi connectivity index (χ4n) is 1.16. The lowest BCUT2D eigenvalue weighted by molar-refractivity contribution is -0.624. The molecule has 1 heterocycles. The minimum absolute atomic E-state index is 0.628. The van der Waals surface area contributed by atoms with Crippen molar-refractivity contribution in [1.82, 2.24) is 0 Å². The molecule has 1 aromatic heterocycles. The summed E-state index contributed by atoms with van der Waals surface area (Å²) in [6.07, 6.45) is 0. The Bertz CT molecular complexity index is 229. The van der Waals surface area contributed by atoms with Gasteiger partial charge in [-0.05, 0) is 26.3 Å². The topological polar surface area (TPSA) is 26.9 Å². The zero-order valence-corrected chi connectivity index (χ0v) is 9.32. The predicted molar refractivity (Wildman–Crippen MR) is 52.1 cm³/mol. The van der Waals surface area contributed by atoms with E-state index in [4.69, 9.17) is 0 Å². The summed E-state index contributed by atoms with van der Waals surface area (Å²) in [4.78, 5) is 0. The van der Waals surface area contributed by atoms with Crippen LogP contribution in [-0.2, 0) is 0 Å². The first-order valence-electron chi connectivity index (χ1n) is 3.82. The van der Waals surface area contributed by atoms with Gasteiger partial charge in [-0.3, -0.25) is 0 Å². The van der Waals surface area contributed by atoms with Crippen LogP contribution in [0.1, 0.15) is 22.4 Å². The summed E-state index contributed by atoms with van der Waals surface area (Å²) in [6.45, 7) is 7.78. The van der Waals surface area contributed by atoms with E-state index >= 15 is 0 Å². The van der Waals surface area contributed by atoms with Gasteiger partial charge in [-0.2, -0.15) is 4.73 Å². The van der Waals surface area contributed by atoms with Gasteiger partial charge in [0.05, 0.1) is 0 Å². The van der Waals surface area contributed by atoms with Crippen LogP contribution in [0.15, 0.2) is 4.60 Å². The summed E-state index contributed by atoms with van der Waals surface area (Å²) in [6, 6.07) is 0. The first-order valence-corrected chi connectivity index (χ1v) is 4.61. The SMILES string of the molecule is Cc1c(C)c(C)[n+]([O-])c(Br)c1C. The molecular weight excluding hydrogens is 218 g/mol. The normalized spacial score (nSPS) is 10.4. The molecule has 0 aromatic carbocycles. The molecule has 3 heteroatoms. The summed E-state index contributed by atoms with van der Waals surface area (Å²) >= 11 is 3.27. The van der Waals surface area contributed by atoms with Gasteiger partial charge in [-0.1, -0.05) is 0 Å². The van der Waals surface area contributed by atoms with Gasteiger partial charge in [-0.15, -0.1) is 0 Å². The number of halogens is 1. The summed E-state index contributed by atoms with van der Waals surface area (Å²) in [5.41, 5.74) is 4.05. The molecule has 2 nitrogen and oxygen atoms in total. The van der Waals surface area contributed by atoms with Crippen molar-refractivity contribution < 1.29 is 4.73 Å². The predicted octanol–water partition coefficient (Wildman–Crippen LogP) is 2.32. The van der Waals surface area contributed by atoms with E-state index in [1.54, 1.807) is 0 Å². The second kappa shape index (κ2) is 3.05. The van der Waals surface area contributed by atoms with Crippen LogP contribution in [-0.4, -0.2) is 0 Å². The molecule has 0 atom stereocenters. The molecule has 0 aliphatic heterocycles. The molecule has 0 saturated heterocycles. The van der Waals surface area contributed by atoms with E-state index in [-0.39, 0.29) is 0 Å². The number of hydrogen-bond acceptors (Lipinski definition) is 1. The molecule has 0 amide bonds. The van der Waals surface area contributed by atoms with Crippen LogP contribution in [0.2, 0.25) is 0 Å². The van der Waals surface area contributed by atoms with Crippen molar-refractivity contribution >= 4 is 15.9 Å². The van der Waals surface area contributed by atoms with Crippen molar-refractivity contribution in [3.8, 4) is 0 Å². The Kier molecular flexibility index (Phi) is 2.42. The molecule has 0 saturated carbocycles. The Labute approximate surface area is 80.9 Å². The van der Waals surface area contributed by atoms with Crippen LogP contribution < -0.4 is 4.73 Å². The minimum atomic E-state index is 0.628. The molecule has 1 rings (SSSR count). The van der Waals surface area contributed by atoms with Crippen LogP contribution in [0.5, 0.6) is 0 Å². The maximum absolute atomic E-state index is 11.4. The summed E-state index contributed by atoms with van der Waals surface area (Å²) in [5.74, 6) is 0. The lowest BCUT2D eigenvalue weighted by Gasteiger charge is -2.11. The van der Waals surface area contributed by atoms with Crippen molar-refractivity contribution in [2.24, 2.45) is 0 Å². The molecule has 66 valence electrons. The van der Waals surface area contributed by atoms with E-state index in [0.717, 1.165) is 21.6 Å². The zero-order valence-electron chi connectivity index (χ0n) is 7.73. The number of hydrogen-bond donors (Lipinski definition) is 0. The van der Waals surface area contributed by atoms with Crippen molar-refractivity contribution in [2.45, 2.75) is 27.7 Å². The van der Waals surface area contributed by atoms with Gasteiger partial charge in [0, 0.05) is 34.0 Å². The van der Waals surface area contributed by atoms with Crippen LogP contribution in [0.4, 0.5) is 0 Å². The van der Waals surface area contributed by atoms with Gasteiger partial charge in [0.25, 0.3) is 4.60 Å². The maximum atomic E-state index is 11.4. The van der Waals surface area contributed by atoms with Crippen molar-refractivity contribution in [2.75, 3.05) is 0 Å². The molecule has 0 aliphatic carbocycles. The molecule has 0 aliphatic rings. The molecule has 0 fully saturated rings. The number of nitrogens with zero attached hydrogens (tertiary/aromatic N) is 1. The second-order valence-electron chi connectivity index (χ2n) is 3.05. The Morgan fingerprint density at radius 3 is 2.00 bits per heavy atom. The zero-order chi connectivity index (χ0) is 9.46. The van der Waals surface area contributed by atoms with E-state index in [0.29, 0.717) is 4.60 Å². The van der Waals surface area contributed by atoms with Crippen LogP contribution in [0.3, 0.4) is 0 Å². The maximum Gasteiger partial charge on any atom is 0.262 e. The highest BCUT2D eigenvalue weighted by molar-refractivity contribution is 9.10. The third kappa shape index (κ3) is 1.22. The molecule has 1 aromatic rings. The molecule has 0 N–H and O–H groups in total. The van der Waals surface area contributed by atoms with Crippen LogP contribution >= 0.6 is 15.9 Å². The molecule has 0 unspecified atom stereocenters. The van der Waals surface area contributed by atoms with Crippen molar-refractivity contribution in [1.29, 1.82) is 0 Å². The molecule has 0 bridgehead atoms. The fourth-order valence-corrected chi connectivity index (χ4v) is 1.72. The van der Waals surface area contributed by atoms with Crippen molar-refractivity contribution in [3.05, 3.63) is 32.2 Å². The van der Waals surface area contributed by atoms with Crippen LogP contribution in [0, 0.1) is 32.9 Å². The largest absolute Gasteiger partial charge is 0.618 e. The van der Waals surface area contributed by atoms with Gasteiger partial charge in [0.1, 0.15) is 0 Å². The van der Waals surface area contributed by atoms with Gasteiger partial charge in [-0.25, -0.2) is 0 Å². The third-order valence-corrected chi connectivity index (χ3v) is 3.38. The van der Waals surface area contributed by atoms with E-state index < -0.39 is 0 Å². The minimum Gasteiger partial charge on any atom is -0.618 e. The molecule has 0 spiro atoms. The number of pyridine rings is 1. The van der Waals surface area contributed by atoms with E-state index in [9.17, 15) is 5.21 Å². The molecule has 12 heavy (non-hydrogen) atoms. The average molecular weight is 230 g/mol. The highest BCUT2D eigenvalue weighted by Crippen LogP contribution is 2.19. The lowest BCUT2D eigenvalue weighted by atomic mass is 10.1. The highest BCUT2D eigenvalue weighted by atomic mass is 79.9. The van der Waals surface area contributed by atoms with Crippen LogP contribution in [0.25, 0.3) is 0 Å². The third-order valence-electron chi connectivity index (χ3n) is 2.46. The van der Waals surface area contributed by atoms with Crippen molar-refractivity contribution in [3.63, 3.8) is 0 Å². The second-order valence-corrected chi connectivity index (χ2v) is 3.80. The lowest BCUT2D eigenvalue weighted by Crippen LogP contribution is -2.34. The first-order chi connectivity index (χ1) is 5.46. The number of rotatable bonds is 0. The summed E-state index contributed by atoms with van der Waals surface area (Å²) in [7, 11) is 0. The Balaban J connectivity index is 3.60. The summed E-state index contributed by atoms with van der Waals surface area (Å²) in [5, 5.41) is 11.4. The van der Waals surface area contributed by atoms with Gasteiger partial charge in [0.2, 0.25) is 0 Å². The van der Waals surface area contributed by atoms with Gasteiger partial charge in [0.15, 0.2) is 5.69 Å². The quantitative estimate of drug-likeness (QED) is 0.381. The Morgan fingerprint density at radius 1 is 1.00 bits per heavy atom. The van der Waals surface area contributed by atoms with E-state index in [1.807, 2.05) is 27.7 Å². The fraction of sp³-hybridized carbons (Fsp3) is 0.444. The van der Waals surface area contributed by atoms with E-state index in [1.165, 1.54) is 5.56 Å². The average Bonchev–Trinajstić information content (AvgIpc) is 2.08. The van der Waals surface area contributed by atoms with E-state index in [2.05, 4.69) is 15.9 Å². The first kappa shape index (κ1) is 9.52.